The molecule has 24 heavy (non-hydrogen) atoms. The Hall–Kier alpha value is -2.48. The van der Waals surface area contributed by atoms with Crippen LogP contribution >= 0.6 is 0 Å². The van der Waals surface area contributed by atoms with E-state index in [1.54, 1.807) is 11.5 Å². The molecule has 128 valence electrons. The number of pyridine rings is 2. The van der Waals surface area contributed by atoms with Gasteiger partial charge in [-0.3, -0.25) is 4.79 Å². The Morgan fingerprint density at radius 2 is 2.29 bits per heavy atom. The van der Waals surface area contributed by atoms with E-state index in [9.17, 15) is 14.0 Å². The number of anilines is 1. The van der Waals surface area contributed by atoms with Gasteiger partial charge in [0.05, 0.1) is 5.39 Å². The highest BCUT2D eigenvalue weighted by atomic mass is 19.1. The first kappa shape index (κ1) is 16.4. The number of carboxylic acid groups (broad SMARTS) is 1. The zero-order chi connectivity index (χ0) is 17.4. The van der Waals surface area contributed by atoms with E-state index in [0.717, 1.165) is 12.5 Å². The molecule has 1 atom stereocenters. The van der Waals surface area contributed by atoms with Crippen LogP contribution in [0, 0.1) is 11.7 Å². The summed E-state index contributed by atoms with van der Waals surface area (Å²) in [6, 6.07) is 1.09. The van der Waals surface area contributed by atoms with Crippen LogP contribution in [0.15, 0.2) is 17.1 Å². The van der Waals surface area contributed by atoms with Crippen LogP contribution in [0.25, 0.3) is 11.0 Å². The summed E-state index contributed by atoms with van der Waals surface area (Å²) >= 11 is 0. The van der Waals surface area contributed by atoms with Gasteiger partial charge in [-0.05, 0) is 31.9 Å². The number of fused-ring (bicyclic) bond motifs is 1. The summed E-state index contributed by atoms with van der Waals surface area (Å²) in [6.07, 6.45) is 2.13. The van der Waals surface area contributed by atoms with Gasteiger partial charge in [0.25, 0.3) is 0 Å². The van der Waals surface area contributed by atoms with Gasteiger partial charge >= 0.3 is 5.97 Å². The van der Waals surface area contributed by atoms with Crippen molar-refractivity contribution in [2.45, 2.75) is 19.9 Å². The maximum Gasteiger partial charge on any atom is 0.341 e. The van der Waals surface area contributed by atoms with Crippen molar-refractivity contribution in [1.82, 2.24) is 9.55 Å². The molecule has 0 spiro atoms. The van der Waals surface area contributed by atoms with E-state index < -0.39 is 17.2 Å². The summed E-state index contributed by atoms with van der Waals surface area (Å²) < 4.78 is 16.1. The molecular formula is C16H19FN4O3. The number of carbonyl (C=O) groups is 1. The third-order valence-corrected chi connectivity index (χ3v) is 4.47. The van der Waals surface area contributed by atoms with Crippen LogP contribution in [-0.2, 0) is 6.54 Å². The van der Waals surface area contributed by atoms with Gasteiger partial charge in [-0.1, -0.05) is 0 Å². The normalized spacial score (nSPS) is 17.6. The molecule has 0 aromatic carbocycles. The second-order valence-corrected chi connectivity index (χ2v) is 5.96. The highest BCUT2D eigenvalue weighted by Gasteiger charge is 2.26. The van der Waals surface area contributed by atoms with Crippen LogP contribution in [0.3, 0.4) is 0 Å². The van der Waals surface area contributed by atoms with E-state index in [-0.39, 0.29) is 16.8 Å². The first-order chi connectivity index (χ1) is 11.5. The van der Waals surface area contributed by atoms with Crippen LogP contribution in [-0.4, -0.2) is 40.3 Å². The molecule has 8 heteroatoms. The first-order valence-electron chi connectivity index (χ1n) is 7.88. The number of aromatic nitrogens is 2. The third-order valence-electron chi connectivity index (χ3n) is 4.47. The number of aromatic carboxylic acids is 1. The number of nitrogens with zero attached hydrogens (tertiary/aromatic N) is 3. The average molecular weight is 334 g/mol. The fourth-order valence-electron chi connectivity index (χ4n) is 3.11. The summed E-state index contributed by atoms with van der Waals surface area (Å²) in [5, 5.41) is 9.13. The molecule has 0 radical (unpaired) electrons. The fraction of sp³-hybridized carbons (Fsp3) is 0.438. The van der Waals surface area contributed by atoms with E-state index >= 15 is 0 Å². The Labute approximate surface area is 137 Å². The van der Waals surface area contributed by atoms with Crippen molar-refractivity contribution in [2.75, 3.05) is 24.5 Å². The molecule has 1 unspecified atom stereocenters. The largest absolute Gasteiger partial charge is 0.477 e. The van der Waals surface area contributed by atoms with Crippen molar-refractivity contribution in [3.8, 4) is 0 Å². The predicted molar refractivity (Wildman–Crippen MR) is 88.0 cm³/mol. The fourth-order valence-corrected chi connectivity index (χ4v) is 3.11. The van der Waals surface area contributed by atoms with Crippen molar-refractivity contribution in [1.29, 1.82) is 0 Å². The lowest BCUT2D eigenvalue weighted by molar-refractivity contribution is 0.0695. The Kier molecular flexibility index (Phi) is 4.23. The van der Waals surface area contributed by atoms with Crippen LogP contribution in [0.1, 0.15) is 23.7 Å². The second-order valence-electron chi connectivity index (χ2n) is 5.96. The monoisotopic (exact) mass is 334 g/mol. The van der Waals surface area contributed by atoms with Crippen molar-refractivity contribution in [3.63, 3.8) is 0 Å². The van der Waals surface area contributed by atoms with Gasteiger partial charge in [0, 0.05) is 25.8 Å². The maximum atomic E-state index is 14.5. The zero-order valence-electron chi connectivity index (χ0n) is 13.3. The molecule has 1 aliphatic heterocycles. The SMILES string of the molecule is CCn1cc(C(=O)O)c(=O)c2cc(F)c(N3CCC(CN)C3)nc21. The summed E-state index contributed by atoms with van der Waals surface area (Å²) in [5.41, 5.74) is 4.86. The molecule has 7 nitrogen and oxygen atoms in total. The lowest BCUT2D eigenvalue weighted by atomic mass is 10.1. The molecule has 1 saturated heterocycles. The van der Waals surface area contributed by atoms with Crippen LogP contribution < -0.4 is 16.1 Å². The van der Waals surface area contributed by atoms with Crippen LogP contribution in [0.4, 0.5) is 10.2 Å². The van der Waals surface area contributed by atoms with Crippen molar-refractivity contribution < 1.29 is 14.3 Å². The predicted octanol–water partition coefficient (Wildman–Crippen LogP) is 1.04. The summed E-state index contributed by atoms with van der Waals surface area (Å²) in [5.74, 6) is -1.48. The van der Waals surface area contributed by atoms with Gasteiger partial charge < -0.3 is 20.3 Å². The van der Waals surface area contributed by atoms with Gasteiger partial charge in [-0.2, -0.15) is 0 Å². The highest BCUT2D eigenvalue weighted by Crippen LogP contribution is 2.26. The molecule has 3 N–H and O–H groups in total. The van der Waals surface area contributed by atoms with Crippen molar-refractivity contribution in [2.24, 2.45) is 11.7 Å². The lowest BCUT2D eigenvalue weighted by Crippen LogP contribution is -2.26. The van der Waals surface area contributed by atoms with Gasteiger partial charge in [0.2, 0.25) is 5.43 Å². The number of hydrogen-bond donors (Lipinski definition) is 2. The molecule has 1 fully saturated rings. The Balaban J connectivity index is 2.19. The summed E-state index contributed by atoms with van der Waals surface area (Å²) in [4.78, 5) is 29.7. The van der Waals surface area contributed by atoms with E-state index in [1.807, 2.05) is 4.90 Å². The number of rotatable bonds is 4. The molecule has 0 amide bonds. The van der Waals surface area contributed by atoms with E-state index in [0.29, 0.717) is 37.7 Å². The average Bonchev–Trinajstić information content (AvgIpc) is 3.03. The number of nitrogens with two attached hydrogens (primary N) is 1. The molecule has 0 saturated carbocycles. The number of carboxylic acids is 1. The van der Waals surface area contributed by atoms with Crippen LogP contribution in [0.2, 0.25) is 0 Å². The van der Waals surface area contributed by atoms with Crippen molar-refractivity contribution >= 4 is 22.8 Å². The highest BCUT2D eigenvalue weighted by molar-refractivity contribution is 5.92. The molecular weight excluding hydrogens is 315 g/mol. The molecule has 3 rings (SSSR count). The smallest absolute Gasteiger partial charge is 0.341 e. The minimum atomic E-state index is -1.33. The maximum absolute atomic E-state index is 14.5. The minimum absolute atomic E-state index is 0.0208. The summed E-state index contributed by atoms with van der Waals surface area (Å²) in [7, 11) is 0. The molecule has 2 aromatic rings. The topological polar surface area (TPSA) is 101 Å². The van der Waals surface area contributed by atoms with Gasteiger partial charge in [-0.15, -0.1) is 0 Å². The van der Waals surface area contributed by atoms with Gasteiger partial charge in [0.1, 0.15) is 11.2 Å². The molecule has 1 aliphatic rings. The zero-order valence-corrected chi connectivity index (χ0v) is 13.3. The van der Waals surface area contributed by atoms with E-state index in [4.69, 9.17) is 10.8 Å². The summed E-state index contributed by atoms with van der Waals surface area (Å²) in [6.45, 7) is 4.03. The van der Waals surface area contributed by atoms with E-state index in [1.165, 1.54) is 6.20 Å². The minimum Gasteiger partial charge on any atom is -0.477 e. The van der Waals surface area contributed by atoms with Gasteiger partial charge in [0.15, 0.2) is 11.6 Å². The lowest BCUT2D eigenvalue weighted by Gasteiger charge is -2.19. The molecule has 0 bridgehead atoms. The number of aryl methyl sites for hydroxylation is 1. The third kappa shape index (κ3) is 2.62. The number of halogens is 1. The van der Waals surface area contributed by atoms with Gasteiger partial charge in [-0.25, -0.2) is 14.2 Å². The van der Waals surface area contributed by atoms with E-state index in [2.05, 4.69) is 4.98 Å². The van der Waals surface area contributed by atoms with Crippen molar-refractivity contribution in [3.05, 3.63) is 33.9 Å². The van der Waals surface area contributed by atoms with Crippen LogP contribution in [0.5, 0.6) is 0 Å². The Bertz CT molecular complexity index is 865. The quantitative estimate of drug-likeness (QED) is 0.866. The second kappa shape index (κ2) is 6.20. The first-order valence-corrected chi connectivity index (χ1v) is 7.88. The molecule has 0 aliphatic carbocycles. The Morgan fingerprint density at radius 3 is 2.88 bits per heavy atom. The number of hydrogen-bond acceptors (Lipinski definition) is 5. The standard InChI is InChI=1S/C16H19FN4O3/c1-2-20-8-11(16(23)24)13(22)10-5-12(17)15(19-14(10)20)21-4-3-9(6-18)7-21/h5,8-9H,2-4,6-7,18H2,1H3,(H,23,24). The molecule has 2 aromatic heterocycles. The Morgan fingerprint density at radius 1 is 1.54 bits per heavy atom. The molecule has 3 heterocycles.